The molecule has 0 aliphatic heterocycles. The summed E-state index contributed by atoms with van der Waals surface area (Å²) in [5, 5.41) is 3.23. The quantitative estimate of drug-likeness (QED) is 0.540. The molecule has 3 aromatic rings. The molecule has 1 aromatic heterocycles. The third-order valence-corrected chi connectivity index (χ3v) is 6.00. The highest BCUT2D eigenvalue weighted by molar-refractivity contribution is 7.92. The van der Waals surface area contributed by atoms with E-state index in [9.17, 15) is 8.42 Å². The first-order valence-electron chi connectivity index (χ1n) is 9.51. The second kappa shape index (κ2) is 8.56. The average Bonchev–Trinajstić information content (AvgIpc) is 2.67. The lowest BCUT2D eigenvalue weighted by Crippen LogP contribution is -2.17. The zero-order valence-electron chi connectivity index (χ0n) is 16.5. The van der Waals surface area contributed by atoms with Gasteiger partial charge in [-0.2, -0.15) is 0 Å². The van der Waals surface area contributed by atoms with Crippen molar-refractivity contribution in [3.63, 3.8) is 0 Å². The van der Waals surface area contributed by atoms with Gasteiger partial charge in [-0.3, -0.25) is 4.72 Å². The first-order valence-corrected chi connectivity index (χ1v) is 11.0. The molecule has 0 unspecified atom stereocenters. The lowest BCUT2D eigenvalue weighted by molar-refractivity contribution is 0.601. The normalized spacial score (nSPS) is 11.5. The largest absolute Gasteiger partial charge is 0.367 e. The molecule has 0 saturated carbocycles. The predicted octanol–water partition coefficient (Wildman–Crippen LogP) is 4.65. The molecule has 0 aliphatic rings. The molecule has 0 amide bonds. The Morgan fingerprint density at radius 1 is 0.893 bits per heavy atom. The van der Waals surface area contributed by atoms with Gasteiger partial charge >= 0.3 is 0 Å². The van der Waals surface area contributed by atoms with Crippen LogP contribution in [0.3, 0.4) is 0 Å². The minimum atomic E-state index is -3.77. The van der Waals surface area contributed by atoms with Crippen LogP contribution in [-0.2, 0) is 10.0 Å². The molecule has 2 N–H and O–H groups in total. The summed E-state index contributed by atoms with van der Waals surface area (Å²) >= 11 is 0. The minimum Gasteiger partial charge on any atom is -0.367 e. The van der Waals surface area contributed by atoms with Crippen molar-refractivity contribution in [1.29, 1.82) is 0 Å². The van der Waals surface area contributed by atoms with Crippen molar-refractivity contribution in [2.24, 2.45) is 0 Å². The lowest BCUT2D eigenvalue weighted by atomic mass is 10.1. The Labute approximate surface area is 166 Å². The van der Waals surface area contributed by atoms with Crippen molar-refractivity contribution in [3.8, 4) is 0 Å². The van der Waals surface area contributed by atoms with Crippen molar-refractivity contribution < 1.29 is 8.42 Å². The molecule has 0 aliphatic carbocycles. The molecule has 28 heavy (non-hydrogen) atoms. The Hall–Kier alpha value is -2.67. The van der Waals surface area contributed by atoms with E-state index in [1.165, 1.54) is 0 Å². The number of rotatable bonds is 8. The number of nitrogens with one attached hydrogen (secondary N) is 2. The molecular weight excluding hydrogens is 372 g/mol. The fourth-order valence-electron chi connectivity index (χ4n) is 2.84. The van der Waals surface area contributed by atoms with Crippen LogP contribution in [0, 0.1) is 13.8 Å². The molecule has 6 nitrogen and oxygen atoms in total. The van der Waals surface area contributed by atoms with Gasteiger partial charge in [0.05, 0.1) is 15.9 Å². The zero-order valence-corrected chi connectivity index (χ0v) is 17.3. The van der Waals surface area contributed by atoms with Crippen molar-refractivity contribution >= 4 is 32.7 Å². The lowest BCUT2D eigenvalue weighted by Gasteiger charge is -2.14. The standard InChI is InChI=1S/C21H26N4O2S/c1-4-5-8-13-22-20-21(24-19-10-7-6-9-18(19)23-20)25-28(26,27)17-12-11-15(2)16(3)14-17/h6-7,9-12,14H,4-5,8,13H2,1-3H3,(H,22,23)(H,24,25). The van der Waals surface area contributed by atoms with E-state index < -0.39 is 10.0 Å². The monoisotopic (exact) mass is 398 g/mol. The number of unbranched alkanes of at least 4 members (excludes halogenated alkanes) is 2. The number of nitrogens with zero attached hydrogens (tertiary/aromatic N) is 2. The molecule has 3 rings (SSSR count). The van der Waals surface area contributed by atoms with Gasteiger partial charge in [0.25, 0.3) is 10.0 Å². The van der Waals surface area contributed by atoms with Crippen molar-refractivity contribution in [2.75, 3.05) is 16.6 Å². The van der Waals surface area contributed by atoms with Gasteiger partial charge in [-0.1, -0.05) is 38.0 Å². The predicted molar refractivity (Wildman–Crippen MR) is 114 cm³/mol. The number of aryl methyl sites for hydroxylation is 2. The summed E-state index contributed by atoms with van der Waals surface area (Å²) in [7, 11) is -3.77. The molecule has 0 fully saturated rings. The highest BCUT2D eigenvalue weighted by atomic mass is 32.2. The summed E-state index contributed by atoms with van der Waals surface area (Å²) in [4.78, 5) is 9.30. The summed E-state index contributed by atoms with van der Waals surface area (Å²) in [6.07, 6.45) is 3.18. The first kappa shape index (κ1) is 20.1. The molecule has 1 heterocycles. The Morgan fingerprint density at radius 2 is 1.57 bits per heavy atom. The van der Waals surface area contributed by atoms with E-state index in [2.05, 4.69) is 26.9 Å². The number of benzene rings is 2. The maximum absolute atomic E-state index is 12.9. The van der Waals surface area contributed by atoms with Crippen molar-refractivity contribution in [1.82, 2.24) is 9.97 Å². The van der Waals surface area contributed by atoms with Crippen LogP contribution in [-0.4, -0.2) is 24.9 Å². The van der Waals surface area contributed by atoms with Crippen LogP contribution in [0.15, 0.2) is 47.4 Å². The zero-order chi connectivity index (χ0) is 20.1. The second-order valence-electron chi connectivity index (χ2n) is 6.89. The Kier molecular flexibility index (Phi) is 6.14. The molecule has 0 spiro atoms. The summed E-state index contributed by atoms with van der Waals surface area (Å²) in [6.45, 7) is 6.69. The van der Waals surface area contributed by atoms with Gasteiger partial charge in [0, 0.05) is 6.54 Å². The molecule has 2 aromatic carbocycles. The fourth-order valence-corrected chi connectivity index (χ4v) is 3.94. The molecule has 0 bridgehead atoms. The van der Waals surface area contributed by atoms with Gasteiger partial charge in [0.2, 0.25) is 0 Å². The summed E-state index contributed by atoms with van der Waals surface area (Å²) in [5.41, 5.74) is 3.32. The number of fused-ring (bicyclic) bond motifs is 1. The third kappa shape index (κ3) is 4.59. The van der Waals surface area contributed by atoms with Crippen LogP contribution in [0.25, 0.3) is 11.0 Å². The summed E-state index contributed by atoms with van der Waals surface area (Å²) in [6, 6.07) is 12.5. The van der Waals surface area contributed by atoms with Gasteiger partial charge in [-0.05, 0) is 55.7 Å². The van der Waals surface area contributed by atoms with E-state index in [1.54, 1.807) is 18.2 Å². The SMILES string of the molecule is CCCCCNc1nc2ccccc2nc1NS(=O)(=O)c1ccc(C)c(C)c1. The van der Waals surface area contributed by atoms with E-state index in [-0.39, 0.29) is 10.7 Å². The maximum atomic E-state index is 12.9. The Morgan fingerprint density at radius 3 is 2.21 bits per heavy atom. The fraction of sp³-hybridized carbons (Fsp3) is 0.333. The first-order chi connectivity index (χ1) is 13.4. The van der Waals surface area contributed by atoms with Crippen molar-refractivity contribution in [3.05, 3.63) is 53.6 Å². The van der Waals surface area contributed by atoms with Gasteiger partial charge in [-0.25, -0.2) is 18.4 Å². The minimum absolute atomic E-state index is 0.211. The average molecular weight is 399 g/mol. The Balaban J connectivity index is 1.96. The number of anilines is 2. The second-order valence-corrected chi connectivity index (χ2v) is 8.58. The van der Waals surface area contributed by atoms with Crippen LogP contribution in [0.5, 0.6) is 0 Å². The topological polar surface area (TPSA) is 84.0 Å². The van der Waals surface area contributed by atoms with E-state index in [0.717, 1.165) is 35.9 Å². The molecule has 0 saturated heterocycles. The third-order valence-electron chi connectivity index (χ3n) is 4.66. The molecule has 0 atom stereocenters. The van der Waals surface area contributed by atoms with Gasteiger partial charge in [0.1, 0.15) is 0 Å². The number of hydrogen-bond donors (Lipinski definition) is 2. The molecule has 148 valence electrons. The van der Waals surface area contributed by atoms with Gasteiger partial charge < -0.3 is 5.32 Å². The molecule has 7 heteroatoms. The summed E-state index contributed by atoms with van der Waals surface area (Å²) in [5.74, 6) is 0.663. The highest BCUT2D eigenvalue weighted by Gasteiger charge is 2.19. The maximum Gasteiger partial charge on any atom is 0.263 e. The Bertz CT molecular complexity index is 1080. The van der Waals surface area contributed by atoms with E-state index in [4.69, 9.17) is 0 Å². The van der Waals surface area contributed by atoms with Crippen LogP contribution < -0.4 is 10.0 Å². The smallest absolute Gasteiger partial charge is 0.263 e. The number of para-hydroxylation sites is 2. The van der Waals surface area contributed by atoms with E-state index in [0.29, 0.717) is 17.9 Å². The number of sulfonamides is 1. The van der Waals surface area contributed by atoms with Crippen molar-refractivity contribution in [2.45, 2.75) is 44.9 Å². The van der Waals surface area contributed by atoms with Crippen LogP contribution in [0.4, 0.5) is 11.6 Å². The van der Waals surface area contributed by atoms with Crippen LogP contribution in [0.2, 0.25) is 0 Å². The summed E-state index contributed by atoms with van der Waals surface area (Å²) < 4.78 is 28.5. The van der Waals surface area contributed by atoms with E-state index in [1.807, 2.05) is 38.1 Å². The highest BCUT2D eigenvalue weighted by Crippen LogP contribution is 2.25. The van der Waals surface area contributed by atoms with Gasteiger partial charge in [0.15, 0.2) is 11.6 Å². The molecule has 0 radical (unpaired) electrons. The molecular formula is C21H26N4O2S. The number of hydrogen-bond acceptors (Lipinski definition) is 5. The van der Waals surface area contributed by atoms with Crippen LogP contribution in [0.1, 0.15) is 37.3 Å². The van der Waals surface area contributed by atoms with Gasteiger partial charge in [-0.15, -0.1) is 0 Å². The van der Waals surface area contributed by atoms with Crippen LogP contribution >= 0.6 is 0 Å². The number of aromatic nitrogens is 2. The van der Waals surface area contributed by atoms with E-state index >= 15 is 0 Å².